The first kappa shape index (κ1) is 13.6. The molecule has 0 bridgehead atoms. The van der Waals surface area contributed by atoms with E-state index in [0.29, 0.717) is 0 Å². The average Bonchev–Trinajstić information content (AvgIpc) is 2.11. The van der Waals surface area contributed by atoms with E-state index in [9.17, 15) is 9.18 Å². The van der Waals surface area contributed by atoms with E-state index in [0.717, 1.165) is 12.1 Å². The molecule has 0 fully saturated rings. The SMILES string of the molecule is CC(C)(C)OC(=O)Oc1cc(N)c(F)cc1Cl. The summed E-state index contributed by atoms with van der Waals surface area (Å²) in [6.07, 6.45) is -0.926. The van der Waals surface area contributed by atoms with Crippen molar-refractivity contribution in [3.05, 3.63) is 23.0 Å². The van der Waals surface area contributed by atoms with Crippen LogP contribution >= 0.6 is 11.6 Å². The lowest BCUT2D eigenvalue weighted by atomic mass is 10.2. The number of anilines is 1. The van der Waals surface area contributed by atoms with Crippen molar-refractivity contribution in [1.29, 1.82) is 0 Å². The molecule has 4 nitrogen and oxygen atoms in total. The van der Waals surface area contributed by atoms with Gasteiger partial charge in [-0.3, -0.25) is 0 Å². The smallest absolute Gasteiger partial charge is 0.428 e. The molecule has 0 aliphatic heterocycles. The summed E-state index contributed by atoms with van der Waals surface area (Å²) in [6.45, 7) is 5.07. The van der Waals surface area contributed by atoms with Crippen LogP contribution in [0.2, 0.25) is 5.02 Å². The largest absolute Gasteiger partial charge is 0.514 e. The number of hydrogen-bond donors (Lipinski definition) is 1. The number of halogens is 2. The highest BCUT2D eigenvalue weighted by Crippen LogP contribution is 2.29. The van der Waals surface area contributed by atoms with Gasteiger partial charge in [0, 0.05) is 6.07 Å². The van der Waals surface area contributed by atoms with Crippen LogP contribution in [0.15, 0.2) is 12.1 Å². The van der Waals surface area contributed by atoms with Gasteiger partial charge in [-0.1, -0.05) is 11.6 Å². The molecule has 0 heterocycles. The average molecular weight is 262 g/mol. The third-order valence-corrected chi connectivity index (χ3v) is 1.93. The summed E-state index contributed by atoms with van der Waals surface area (Å²) < 4.78 is 22.7. The molecule has 0 unspecified atom stereocenters. The highest BCUT2D eigenvalue weighted by molar-refractivity contribution is 6.32. The Morgan fingerprint density at radius 1 is 1.41 bits per heavy atom. The van der Waals surface area contributed by atoms with E-state index < -0.39 is 17.6 Å². The second kappa shape index (κ2) is 4.79. The van der Waals surface area contributed by atoms with Crippen LogP contribution in [-0.2, 0) is 4.74 Å². The molecule has 0 spiro atoms. The molecule has 1 aromatic rings. The fraction of sp³-hybridized carbons (Fsp3) is 0.364. The quantitative estimate of drug-likeness (QED) is 0.478. The minimum absolute atomic E-state index is 0.0418. The van der Waals surface area contributed by atoms with Crippen molar-refractivity contribution in [1.82, 2.24) is 0 Å². The van der Waals surface area contributed by atoms with Gasteiger partial charge in [0.1, 0.15) is 11.4 Å². The topological polar surface area (TPSA) is 61.5 Å². The van der Waals surface area contributed by atoms with E-state index in [2.05, 4.69) is 0 Å². The van der Waals surface area contributed by atoms with Crippen LogP contribution in [0, 0.1) is 5.82 Å². The van der Waals surface area contributed by atoms with Crippen molar-refractivity contribution in [3.8, 4) is 5.75 Å². The van der Waals surface area contributed by atoms with Crippen LogP contribution in [0.25, 0.3) is 0 Å². The zero-order valence-electron chi connectivity index (χ0n) is 9.71. The number of nitrogens with two attached hydrogens (primary N) is 1. The molecule has 0 aromatic heterocycles. The minimum Gasteiger partial charge on any atom is -0.428 e. The van der Waals surface area contributed by atoms with Crippen LogP contribution in [0.5, 0.6) is 5.75 Å². The van der Waals surface area contributed by atoms with E-state index in [1.54, 1.807) is 20.8 Å². The molecule has 6 heteroatoms. The van der Waals surface area contributed by atoms with E-state index in [1.165, 1.54) is 0 Å². The van der Waals surface area contributed by atoms with E-state index in [4.69, 9.17) is 26.8 Å². The van der Waals surface area contributed by atoms with Crippen LogP contribution in [-0.4, -0.2) is 11.8 Å². The highest BCUT2D eigenvalue weighted by atomic mass is 35.5. The predicted molar refractivity (Wildman–Crippen MR) is 62.7 cm³/mol. The summed E-state index contributed by atoms with van der Waals surface area (Å²) in [5, 5.41) is -0.0532. The first-order valence-corrected chi connectivity index (χ1v) is 5.22. The summed E-state index contributed by atoms with van der Waals surface area (Å²) in [6, 6.07) is 2.10. The summed E-state index contributed by atoms with van der Waals surface area (Å²) in [7, 11) is 0. The van der Waals surface area contributed by atoms with Gasteiger partial charge in [0.05, 0.1) is 10.7 Å². The Bertz CT molecular complexity index is 443. The summed E-state index contributed by atoms with van der Waals surface area (Å²) >= 11 is 5.69. The number of ether oxygens (including phenoxy) is 2. The fourth-order valence-corrected chi connectivity index (χ4v) is 1.17. The molecule has 2 N–H and O–H groups in total. The second-order valence-electron chi connectivity index (χ2n) is 4.37. The van der Waals surface area contributed by atoms with Gasteiger partial charge in [-0.2, -0.15) is 0 Å². The maximum absolute atomic E-state index is 13.0. The first-order chi connectivity index (χ1) is 7.69. The van der Waals surface area contributed by atoms with Crippen molar-refractivity contribution < 1.29 is 18.7 Å². The lowest BCUT2D eigenvalue weighted by molar-refractivity contribution is 0.0206. The molecule has 0 saturated heterocycles. The molecule has 94 valence electrons. The van der Waals surface area contributed by atoms with Gasteiger partial charge in [-0.15, -0.1) is 0 Å². The molecular formula is C11H13ClFNO3. The molecular weight excluding hydrogens is 249 g/mol. The van der Waals surface area contributed by atoms with E-state index >= 15 is 0 Å². The van der Waals surface area contributed by atoms with Gasteiger partial charge in [0.2, 0.25) is 0 Å². The van der Waals surface area contributed by atoms with Crippen LogP contribution < -0.4 is 10.5 Å². The van der Waals surface area contributed by atoms with Gasteiger partial charge in [-0.05, 0) is 26.8 Å². The van der Waals surface area contributed by atoms with Gasteiger partial charge >= 0.3 is 6.16 Å². The van der Waals surface area contributed by atoms with Crippen molar-refractivity contribution in [3.63, 3.8) is 0 Å². The van der Waals surface area contributed by atoms with Crippen molar-refractivity contribution >= 4 is 23.4 Å². The van der Waals surface area contributed by atoms with Gasteiger partial charge in [0.15, 0.2) is 5.75 Å². The molecule has 0 saturated carbocycles. The fourth-order valence-electron chi connectivity index (χ4n) is 0.984. The summed E-state index contributed by atoms with van der Waals surface area (Å²) in [4.78, 5) is 11.3. The molecule has 1 rings (SSSR count). The lowest BCUT2D eigenvalue weighted by Gasteiger charge is -2.19. The summed E-state index contributed by atoms with van der Waals surface area (Å²) in [5.74, 6) is -0.716. The maximum Gasteiger partial charge on any atom is 0.514 e. The Labute approximate surface area is 103 Å². The van der Waals surface area contributed by atoms with Crippen LogP contribution in [0.3, 0.4) is 0 Å². The monoisotopic (exact) mass is 261 g/mol. The Balaban J connectivity index is 2.82. The van der Waals surface area contributed by atoms with Crippen molar-refractivity contribution in [2.24, 2.45) is 0 Å². The molecule has 0 radical (unpaired) electrons. The third kappa shape index (κ3) is 4.11. The Hall–Kier alpha value is -1.49. The number of nitrogen functional groups attached to an aromatic ring is 1. The number of hydrogen-bond acceptors (Lipinski definition) is 4. The van der Waals surface area contributed by atoms with Crippen LogP contribution in [0.1, 0.15) is 20.8 Å². The van der Waals surface area contributed by atoms with Gasteiger partial charge in [-0.25, -0.2) is 9.18 Å². The van der Waals surface area contributed by atoms with Crippen LogP contribution in [0.4, 0.5) is 14.9 Å². The van der Waals surface area contributed by atoms with E-state index in [1.807, 2.05) is 0 Å². The lowest BCUT2D eigenvalue weighted by Crippen LogP contribution is -2.26. The van der Waals surface area contributed by atoms with Gasteiger partial charge < -0.3 is 15.2 Å². The van der Waals surface area contributed by atoms with E-state index in [-0.39, 0.29) is 16.5 Å². The number of carbonyl (C=O) groups is 1. The molecule has 0 amide bonds. The highest BCUT2D eigenvalue weighted by Gasteiger charge is 2.19. The number of benzene rings is 1. The molecule has 0 aliphatic rings. The maximum atomic E-state index is 13.0. The van der Waals surface area contributed by atoms with Gasteiger partial charge in [0.25, 0.3) is 0 Å². The standard InChI is InChI=1S/C11H13ClFNO3/c1-11(2,3)17-10(15)16-9-5-8(14)7(13)4-6(9)12/h4-5H,14H2,1-3H3. The predicted octanol–water partition coefficient (Wildman–Crippen LogP) is 3.38. The minimum atomic E-state index is -0.926. The second-order valence-corrected chi connectivity index (χ2v) is 4.78. The molecule has 0 atom stereocenters. The first-order valence-electron chi connectivity index (χ1n) is 4.84. The number of carbonyl (C=O) groups excluding carboxylic acids is 1. The molecule has 17 heavy (non-hydrogen) atoms. The summed E-state index contributed by atoms with van der Waals surface area (Å²) in [5.41, 5.74) is 4.48. The Morgan fingerprint density at radius 3 is 2.53 bits per heavy atom. The normalized spacial score (nSPS) is 11.1. The zero-order chi connectivity index (χ0) is 13.2. The van der Waals surface area contributed by atoms with Crippen molar-refractivity contribution in [2.75, 3.05) is 5.73 Å². The molecule has 1 aromatic carbocycles. The Kier molecular flexibility index (Phi) is 3.83. The number of rotatable bonds is 1. The van der Waals surface area contributed by atoms with Crippen molar-refractivity contribution in [2.45, 2.75) is 26.4 Å². The zero-order valence-corrected chi connectivity index (χ0v) is 10.5. The third-order valence-electron chi connectivity index (χ3n) is 1.63. The molecule has 0 aliphatic carbocycles. The Morgan fingerprint density at radius 2 is 2.00 bits per heavy atom.